The van der Waals surface area contributed by atoms with Crippen LogP contribution in [0.25, 0.3) is 5.57 Å². The lowest BCUT2D eigenvalue weighted by Gasteiger charge is -2.25. The van der Waals surface area contributed by atoms with E-state index in [1.54, 1.807) is 14.2 Å². The van der Waals surface area contributed by atoms with Crippen LogP contribution in [0.2, 0.25) is 0 Å². The average molecular weight is 366 g/mol. The van der Waals surface area contributed by atoms with Crippen LogP contribution < -0.4 is 18.9 Å². The van der Waals surface area contributed by atoms with E-state index >= 15 is 0 Å². The molecule has 1 aliphatic carbocycles. The van der Waals surface area contributed by atoms with E-state index in [1.165, 1.54) is 0 Å². The van der Waals surface area contributed by atoms with Crippen molar-refractivity contribution in [3.8, 4) is 23.0 Å². The third-order valence-corrected chi connectivity index (χ3v) is 5.32. The zero-order chi connectivity index (χ0) is 18.5. The number of hydrogen-bond acceptors (Lipinski definition) is 6. The molecular weight excluding hydrogens is 348 g/mol. The van der Waals surface area contributed by atoms with Gasteiger partial charge >= 0.3 is 5.97 Å². The molecule has 138 valence electrons. The van der Waals surface area contributed by atoms with Crippen molar-refractivity contribution in [1.82, 2.24) is 0 Å². The summed E-state index contributed by atoms with van der Waals surface area (Å²) in [6, 6.07) is 9.64. The molecule has 6 nitrogen and oxygen atoms in total. The van der Waals surface area contributed by atoms with Gasteiger partial charge in [-0.25, -0.2) is 4.79 Å². The topological polar surface area (TPSA) is 63.2 Å². The van der Waals surface area contributed by atoms with Gasteiger partial charge in [0.2, 0.25) is 6.79 Å². The Kier molecular flexibility index (Phi) is 3.53. The number of hydrogen-bond donors (Lipinski definition) is 0. The summed E-state index contributed by atoms with van der Waals surface area (Å²) >= 11 is 0. The number of carbonyl (C=O) groups is 1. The minimum atomic E-state index is -0.256. The molecule has 0 bridgehead atoms. The van der Waals surface area contributed by atoms with Gasteiger partial charge in [-0.1, -0.05) is 6.07 Å². The molecule has 1 saturated heterocycles. The largest absolute Gasteiger partial charge is 0.493 e. The number of methoxy groups -OCH3 is 2. The van der Waals surface area contributed by atoms with E-state index in [9.17, 15) is 4.79 Å². The first-order chi connectivity index (χ1) is 13.2. The molecule has 3 aliphatic rings. The molecule has 0 spiro atoms. The Morgan fingerprint density at radius 2 is 1.74 bits per heavy atom. The van der Waals surface area contributed by atoms with Crippen molar-refractivity contribution in [1.29, 1.82) is 0 Å². The Morgan fingerprint density at radius 1 is 0.963 bits per heavy atom. The summed E-state index contributed by atoms with van der Waals surface area (Å²) in [5.74, 6) is 2.46. The zero-order valence-corrected chi connectivity index (χ0v) is 15.0. The Bertz CT molecular complexity index is 990. The van der Waals surface area contributed by atoms with E-state index in [4.69, 9.17) is 23.7 Å². The molecule has 0 N–H and O–H groups in total. The van der Waals surface area contributed by atoms with Crippen molar-refractivity contribution in [2.24, 2.45) is 5.92 Å². The van der Waals surface area contributed by atoms with Gasteiger partial charge in [-0.15, -0.1) is 0 Å². The van der Waals surface area contributed by atoms with Gasteiger partial charge in [0.1, 0.15) is 0 Å². The third kappa shape index (κ3) is 2.36. The molecule has 2 heterocycles. The molecule has 1 fully saturated rings. The number of carbonyl (C=O) groups excluding carboxylic acids is 1. The summed E-state index contributed by atoms with van der Waals surface area (Å²) in [7, 11) is 3.19. The van der Waals surface area contributed by atoms with E-state index in [1.807, 2.05) is 30.3 Å². The van der Waals surface area contributed by atoms with Crippen LogP contribution in [0.1, 0.15) is 16.7 Å². The Morgan fingerprint density at radius 3 is 2.52 bits per heavy atom. The van der Waals surface area contributed by atoms with Crippen LogP contribution in [-0.2, 0) is 16.0 Å². The highest BCUT2D eigenvalue weighted by Gasteiger charge is 2.39. The first-order valence-electron chi connectivity index (χ1n) is 8.76. The van der Waals surface area contributed by atoms with Gasteiger partial charge in [0.25, 0.3) is 0 Å². The predicted octanol–water partition coefficient (Wildman–Crippen LogP) is 2.96. The molecule has 0 amide bonds. The predicted molar refractivity (Wildman–Crippen MR) is 96.3 cm³/mol. The smallest absolute Gasteiger partial charge is 0.335 e. The maximum absolute atomic E-state index is 12.5. The second-order valence-electron chi connectivity index (χ2n) is 6.72. The summed E-state index contributed by atoms with van der Waals surface area (Å²) in [6.07, 6.45) is 0.740. The first kappa shape index (κ1) is 16.1. The molecule has 2 aromatic carbocycles. The molecule has 5 rings (SSSR count). The highest BCUT2D eigenvalue weighted by molar-refractivity contribution is 6.05. The molecule has 0 radical (unpaired) electrons. The van der Waals surface area contributed by atoms with Gasteiger partial charge < -0.3 is 23.7 Å². The summed E-state index contributed by atoms with van der Waals surface area (Å²) in [6.45, 7) is 0.616. The van der Waals surface area contributed by atoms with Crippen LogP contribution in [0.4, 0.5) is 0 Å². The van der Waals surface area contributed by atoms with Crippen LogP contribution in [0, 0.1) is 5.92 Å². The standard InChI is InChI=1S/C21H18O6/c1-23-15-4-3-11(6-16(15)24-2)19-14-8-18-17(26-10-27-18)7-12(14)5-13-9-25-21(22)20(13)19/h3-4,6-8,13H,5,9-10H2,1-2H3/t13-/m0/s1. The normalized spacial score (nSPS) is 19.5. The lowest BCUT2D eigenvalue weighted by Crippen LogP contribution is -2.17. The lowest BCUT2D eigenvalue weighted by molar-refractivity contribution is -0.135. The fourth-order valence-electron chi connectivity index (χ4n) is 4.07. The molecule has 6 heteroatoms. The van der Waals surface area contributed by atoms with Gasteiger partial charge in [-0.05, 0) is 47.4 Å². The molecule has 2 aromatic rings. The highest BCUT2D eigenvalue weighted by Crippen LogP contribution is 2.47. The van der Waals surface area contributed by atoms with Gasteiger partial charge in [0, 0.05) is 11.5 Å². The Labute approximate surface area is 156 Å². The fourth-order valence-corrected chi connectivity index (χ4v) is 4.07. The molecule has 27 heavy (non-hydrogen) atoms. The van der Waals surface area contributed by atoms with E-state index in [0.717, 1.165) is 34.4 Å². The SMILES string of the molecule is COc1ccc(C2=C3C(=O)OC[C@@H]3Cc3cc4c(cc32)OCO4)cc1OC. The van der Waals surface area contributed by atoms with Crippen molar-refractivity contribution >= 4 is 11.5 Å². The number of benzene rings is 2. The third-order valence-electron chi connectivity index (χ3n) is 5.32. The second-order valence-corrected chi connectivity index (χ2v) is 6.72. The quantitative estimate of drug-likeness (QED) is 0.779. The van der Waals surface area contributed by atoms with Crippen LogP contribution >= 0.6 is 0 Å². The maximum Gasteiger partial charge on any atom is 0.335 e. The second kappa shape index (κ2) is 5.94. The number of fused-ring (bicyclic) bond motifs is 3. The molecule has 0 unspecified atom stereocenters. The van der Waals surface area contributed by atoms with Crippen LogP contribution in [0.3, 0.4) is 0 Å². The van der Waals surface area contributed by atoms with Crippen molar-refractivity contribution in [2.45, 2.75) is 6.42 Å². The summed E-state index contributed by atoms with van der Waals surface area (Å²) < 4.78 is 27.3. The summed E-state index contributed by atoms with van der Waals surface area (Å²) in [5, 5.41) is 0. The van der Waals surface area contributed by atoms with E-state index in [0.29, 0.717) is 29.4 Å². The van der Waals surface area contributed by atoms with Crippen LogP contribution in [0.15, 0.2) is 35.9 Å². The van der Waals surface area contributed by atoms with Gasteiger partial charge in [-0.2, -0.15) is 0 Å². The Hall–Kier alpha value is -3.15. The van der Waals surface area contributed by atoms with Crippen molar-refractivity contribution in [3.63, 3.8) is 0 Å². The van der Waals surface area contributed by atoms with Crippen LogP contribution in [-0.4, -0.2) is 33.6 Å². The number of rotatable bonds is 3. The highest BCUT2D eigenvalue weighted by atomic mass is 16.7. The molecule has 0 saturated carbocycles. The van der Waals surface area contributed by atoms with Crippen molar-refractivity contribution < 1.29 is 28.5 Å². The number of cyclic esters (lactones) is 1. The van der Waals surface area contributed by atoms with Crippen molar-refractivity contribution in [3.05, 3.63) is 52.6 Å². The monoisotopic (exact) mass is 366 g/mol. The molecule has 2 aliphatic heterocycles. The van der Waals surface area contributed by atoms with Gasteiger partial charge in [0.15, 0.2) is 23.0 Å². The minimum Gasteiger partial charge on any atom is -0.493 e. The summed E-state index contributed by atoms with van der Waals surface area (Å²) in [4.78, 5) is 12.5. The van der Waals surface area contributed by atoms with Crippen LogP contribution in [0.5, 0.6) is 23.0 Å². The fraction of sp³-hybridized carbons (Fsp3) is 0.286. The van der Waals surface area contributed by atoms with E-state index in [-0.39, 0.29) is 18.7 Å². The lowest BCUT2D eigenvalue weighted by atomic mass is 9.77. The molecule has 0 aromatic heterocycles. The zero-order valence-electron chi connectivity index (χ0n) is 15.0. The number of ether oxygens (including phenoxy) is 5. The maximum atomic E-state index is 12.5. The van der Waals surface area contributed by atoms with Gasteiger partial charge in [0.05, 0.1) is 26.4 Å². The first-order valence-corrected chi connectivity index (χ1v) is 8.76. The van der Waals surface area contributed by atoms with E-state index < -0.39 is 0 Å². The van der Waals surface area contributed by atoms with E-state index in [2.05, 4.69) is 0 Å². The number of esters is 1. The molecule has 1 atom stereocenters. The average Bonchev–Trinajstić information content (AvgIpc) is 3.30. The minimum absolute atomic E-state index is 0.0356. The van der Waals surface area contributed by atoms with Gasteiger partial charge in [-0.3, -0.25) is 0 Å². The summed E-state index contributed by atoms with van der Waals surface area (Å²) in [5.41, 5.74) is 4.55. The van der Waals surface area contributed by atoms with Crippen molar-refractivity contribution in [2.75, 3.05) is 27.6 Å². The Balaban J connectivity index is 1.75. The molecular formula is C21H18O6.